The summed E-state index contributed by atoms with van der Waals surface area (Å²) in [4.78, 5) is 10.7. The molecule has 0 aromatic heterocycles. The molecule has 1 unspecified atom stereocenters. The summed E-state index contributed by atoms with van der Waals surface area (Å²) >= 11 is 0. The largest absolute Gasteiger partial charge is 0.396 e. The van der Waals surface area contributed by atoms with Gasteiger partial charge in [0.2, 0.25) is 0 Å². The van der Waals surface area contributed by atoms with Gasteiger partial charge in [0.15, 0.2) is 5.79 Å². The predicted octanol–water partition coefficient (Wildman–Crippen LogP) is 5.13. The van der Waals surface area contributed by atoms with Crippen LogP contribution in [0.2, 0.25) is 0 Å². The van der Waals surface area contributed by atoms with Crippen molar-refractivity contribution >= 4 is 5.69 Å². The Balaban J connectivity index is 0.00000146. The van der Waals surface area contributed by atoms with Crippen LogP contribution in [-0.4, -0.2) is 27.5 Å². The van der Waals surface area contributed by atoms with Crippen LogP contribution in [0, 0.1) is 10.1 Å². The Kier molecular flexibility index (Phi) is 12.9. The summed E-state index contributed by atoms with van der Waals surface area (Å²) < 4.78 is 5.87. The van der Waals surface area contributed by atoms with E-state index in [1.165, 1.54) is 6.07 Å². The average Bonchev–Trinajstić information content (AvgIpc) is 2.89. The number of aliphatic hydroxyl groups is 2. The van der Waals surface area contributed by atoms with E-state index in [-0.39, 0.29) is 18.7 Å². The second-order valence-electron chi connectivity index (χ2n) is 5.80. The highest BCUT2D eigenvalue weighted by Gasteiger charge is 2.34. The third-order valence-corrected chi connectivity index (χ3v) is 4.12. The molecule has 6 heteroatoms. The summed E-state index contributed by atoms with van der Waals surface area (Å²) in [6.07, 6.45) is 4.44. The topological polar surface area (TPSA) is 92.8 Å². The Bertz CT molecular complexity index is 499. The Morgan fingerprint density at radius 2 is 1.65 bits per heavy atom. The van der Waals surface area contributed by atoms with Crippen LogP contribution in [0.4, 0.5) is 5.69 Å². The van der Waals surface area contributed by atoms with Crippen LogP contribution in [0.15, 0.2) is 24.3 Å². The minimum Gasteiger partial charge on any atom is -0.396 e. The number of nitro benzene ring substituents is 1. The van der Waals surface area contributed by atoms with Crippen molar-refractivity contribution in [2.45, 2.75) is 84.5 Å². The van der Waals surface area contributed by atoms with Crippen LogP contribution < -0.4 is 0 Å². The van der Waals surface area contributed by atoms with E-state index in [4.69, 9.17) is 4.74 Å². The molecule has 0 saturated heterocycles. The first-order valence-electron chi connectivity index (χ1n) is 9.80. The molecule has 26 heavy (non-hydrogen) atoms. The molecule has 1 saturated carbocycles. The van der Waals surface area contributed by atoms with Crippen molar-refractivity contribution in [3.05, 3.63) is 39.9 Å². The molecule has 1 fully saturated rings. The standard InChI is InChI=1S/C16H23NO5.2C2H6/c18-12-9-15(13-7-3-4-8-14(13)17(20)21)22-16(19)10-5-1-2-6-11-16;2*1-2/h3-4,7-8,15,18-19H,1-2,5-6,9-12H2;2*1-2H3. The lowest BCUT2D eigenvalue weighted by atomic mass is 10.0. The number of ether oxygens (including phenoxy) is 1. The highest BCUT2D eigenvalue weighted by atomic mass is 16.6. The molecule has 150 valence electrons. The average molecular weight is 370 g/mol. The smallest absolute Gasteiger partial charge is 0.275 e. The maximum absolute atomic E-state index is 11.2. The highest BCUT2D eigenvalue weighted by Crippen LogP contribution is 2.37. The van der Waals surface area contributed by atoms with Gasteiger partial charge in [-0.15, -0.1) is 0 Å². The summed E-state index contributed by atoms with van der Waals surface area (Å²) in [6.45, 7) is 7.84. The fraction of sp³-hybridized carbons (Fsp3) is 0.700. The van der Waals surface area contributed by atoms with E-state index in [0.717, 1.165) is 25.7 Å². The fourth-order valence-electron chi connectivity index (χ4n) is 2.98. The van der Waals surface area contributed by atoms with Crippen molar-refractivity contribution in [2.75, 3.05) is 6.61 Å². The first-order chi connectivity index (χ1) is 12.6. The van der Waals surface area contributed by atoms with E-state index in [2.05, 4.69) is 0 Å². The SMILES string of the molecule is CC.CC.O=[N+]([O-])c1ccccc1C(CCO)OC1(O)CCCCCC1. The molecule has 0 spiro atoms. The minimum absolute atomic E-state index is 0.0434. The molecule has 0 aliphatic heterocycles. The normalized spacial score (nSPS) is 16.8. The van der Waals surface area contributed by atoms with E-state index in [0.29, 0.717) is 18.4 Å². The van der Waals surface area contributed by atoms with Gasteiger partial charge >= 0.3 is 0 Å². The summed E-state index contributed by atoms with van der Waals surface area (Å²) in [5, 5.41) is 31.1. The van der Waals surface area contributed by atoms with Crippen molar-refractivity contribution in [1.82, 2.24) is 0 Å². The van der Waals surface area contributed by atoms with Gasteiger partial charge in [0.25, 0.3) is 5.69 Å². The van der Waals surface area contributed by atoms with Crippen LogP contribution in [0.3, 0.4) is 0 Å². The molecular weight excluding hydrogens is 334 g/mol. The Labute approximate surface area is 157 Å². The predicted molar refractivity (Wildman–Crippen MR) is 104 cm³/mol. The van der Waals surface area contributed by atoms with E-state index in [1.54, 1.807) is 18.2 Å². The van der Waals surface area contributed by atoms with Gasteiger partial charge in [-0.3, -0.25) is 10.1 Å². The molecule has 1 aliphatic carbocycles. The number of nitrogens with zero attached hydrogens (tertiary/aromatic N) is 1. The van der Waals surface area contributed by atoms with Gasteiger partial charge < -0.3 is 14.9 Å². The molecule has 2 N–H and O–H groups in total. The van der Waals surface area contributed by atoms with Crippen LogP contribution in [0.1, 0.15) is 84.3 Å². The van der Waals surface area contributed by atoms with Gasteiger partial charge in [-0.25, -0.2) is 0 Å². The van der Waals surface area contributed by atoms with Gasteiger partial charge in [0, 0.05) is 31.9 Å². The Morgan fingerprint density at radius 1 is 1.12 bits per heavy atom. The first kappa shape index (κ1) is 24.5. The molecular formula is C20H35NO5. The van der Waals surface area contributed by atoms with Crippen molar-refractivity contribution in [1.29, 1.82) is 0 Å². The second-order valence-corrected chi connectivity index (χ2v) is 5.80. The molecule has 2 rings (SSSR count). The Morgan fingerprint density at radius 3 is 2.15 bits per heavy atom. The molecule has 0 radical (unpaired) electrons. The zero-order chi connectivity index (χ0) is 20.0. The third kappa shape index (κ3) is 7.81. The molecule has 1 aliphatic rings. The molecule has 0 bridgehead atoms. The van der Waals surface area contributed by atoms with E-state index >= 15 is 0 Å². The number of rotatable bonds is 6. The van der Waals surface area contributed by atoms with E-state index in [1.807, 2.05) is 27.7 Å². The number of para-hydroxylation sites is 1. The van der Waals surface area contributed by atoms with Gasteiger partial charge in [0.1, 0.15) is 0 Å². The molecule has 1 aromatic rings. The Hall–Kier alpha value is -1.50. The third-order valence-electron chi connectivity index (χ3n) is 4.12. The maximum atomic E-state index is 11.2. The lowest BCUT2D eigenvalue weighted by Crippen LogP contribution is -2.33. The van der Waals surface area contributed by atoms with Crippen LogP contribution >= 0.6 is 0 Å². The van der Waals surface area contributed by atoms with Crippen molar-refractivity contribution in [3.8, 4) is 0 Å². The number of hydrogen-bond donors (Lipinski definition) is 2. The van der Waals surface area contributed by atoms with Crippen LogP contribution in [0.5, 0.6) is 0 Å². The van der Waals surface area contributed by atoms with Gasteiger partial charge in [-0.2, -0.15) is 0 Å². The molecule has 0 amide bonds. The highest BCUT2D eigenvalue weighted by molar-refractivity contribution is 5.41. The molecule has 1 atom stereocenters. The minimum atomic E-state index is -1.26. The molecule has 1 aromatic carbocycles. The maximum Gasteiger partial charge on any atom is 0.275 e. The number of hydrogen-bond acceptors (Lipinski definition) is 5. The zero-order valence-corrected chi connectivity index (χ0v) is 16.6. The van der Waals surface area contributed by atoms with E-state index in [9.17, 15) is 20.3 Å². The van der Waals surface area contributed by atoms with Gasteiger partial charge in [-0.05, 0) is 18.9 Å². The summed E-state index contributed by atoms with van der Waals surface area (Å²) in [7, 11) is 0. The number of benzene rings is 1. The van der Waals surface area contributed by atoms with Gasteiger partial charge in [0.05, 0.1) is 16.6 Å². The van der Waals surface area contributed by atoms with Crippen molar-refractivity contribution in [3.63, 3.8) is 0 Å². The molecule has 0 heterocycles. The van der Waals surface area contributed by atoms with Gasteiger partial charge in [-0.1, -0.05) is 52.7 Å². The summed E-state index contributed by atoms with van der Waals surface area (Å²) in [5.41, 5.74) is 0.359. The zero-order valence-electron chi connectivity index (χ0n) is 16.6. The monoisotopic (exact) mass is 369 g/mol. The summed E-state index contributed by atoms with van der Waals surface area (Å²) in [5.74, 6) is -1.26. The number of nitro groups is 1. The van der Waals surface area contributed by atoms with E-state index < -0.39 is 16.8 Å². The molecule has 6 nitrogen and oxygen atoms in total. The first-order valence-corrected chi connectivity index (χ1v) is 9.80. The lowest BCUT2D eigenvalue weighted by molar-refractivity contribution is -0.386. The van der Waals surface area contributed by atoms with Crippen molar-refractivity contribution < 1.29 is 19.9 Å². The fourth-order valence-corrected chi connectivity index (χ4v) is 2.98. The van der Waals surface area contributed by atoms with Crippen LogP contribution in [-0.2, 0) is 4.74 Å². The quantitative estimate of drug-likeness (QED) is 0.314. The van der Waals surface area contributed by atoms with Crippen LogP contribution in [0.25, 0.3) is 0 Å². The summed E-state index contributed by atoms with van der Waals surface area (Å²) in [6, 6.07) is 6.34. The lowest BCUT2D eigenvalue weighted by Gasteiger charge is -2.32. The second kappa shape index (κ2) is 13.7. The number of aliphatic hydroxyl groups excluding tert-OH is 1. The van der Waals surface area contributed by atoms with Crippen molar-refractivity contribution in [2.24, 2.45) is 0 Å².